The highest BCUT2D eigenvalue weighted by Crippen LogP contribution is 2.33. The van der Waals surface area contributed by atoms with Gasteiger partial charge in [-0.15, -0.1) is 0 Å². The van der Waals surface area contributed by atoms with Gasteiger partial charge in [-0.2, -0.15) is 5.06 Å². The number of aromatic hydroxyl groups is 2. The molecule has 1 unspecified atom stereocenters. The number of hydroxylamine groups is 2. The van der Waals surface area contributed by atoms with Crippen LogP contribution in [0.5, 0.6) is 11.5 Å². The summed E-state index contributed by atoms with van der Waals surface area (Å²) >= 11 is 0. The summed E-state index contributed by atoms with van der Waals surface area (Å²) < 4.78 is 5.74. The van der Waals surface area contributed by atoms with Crippen LogP contribution in [0.25, 0.3) is 0 Å². The fourth-order valence-electron chi connectivity index (χ4n) is 6.84. The molecular weight excluding hydrogens is 676 g/mol. The lowest BCUT2D eigenvalue weighted by atomic mass is 9.94. The molecule has 2 aliphatic heterocycles. The van der Waals surface area contributed by atoms with Crippen LogP contribution in [0.15, 0.2) is 78.9 Å². The van der Waals surface area contributed by atoms with Gasteiger partial charge in [0.15, 0.2) is 12.3 Å². The lowest BCUT2D eigenvalue weighted by molar-refractivity contribution is -0.269. The van der Waals surface area contributed by atoms with Gasteiger partial charge in [0.2, 0.25) is 11.8 Å². The zero-order valence-corrected chi connectivity index (χ0v) is 31.0. The fourth-order valence-corrected chi connectivity index (χ4v) is 6.84. The van der Waals surface area contributed by atoms with E-state index in [2.05, 4.69) is 19.2 Å². The van der Waals surface area contributed by atoms with Crippen molar-refractivity contribution in [2.75, 3.05) is 19.7 Å². The van der Waals surface area contributed by atoms with Crippen molar-refractivity contribution in [1.82, 2.24) is 20.2 Å². The van der Waals surface area contributed by atoms with Gasteiger partial charge in [-0.05, 0) is 72.1 Å². The number of hydrogen-bond acceptors (Lipinski definition) is 8. The number of hydrogen-bond donors (Lipinski definition) is 3. The van der Waals surface area contributed by atoms with E-state index >= 15 is 0 Å². The van der Waals surface area contributed by atoms with E-state index in [1.54, 1.807) is 24.3 Å². The van der Waals surface area contributed by atoms with Crippen LogP contribution >= 0.6 is 0 Å². The average Bonchev–Trinajstić information content (AvgIpc) is 3.13. The van der Waals surface area contributed by atoms with E-state index in [0.717, 1.165) is 23.5 Å². The minimum Gasteiger partial charge on any atom is -0.508 e. The first kappa shape index (κ1) is 39.1. The van der Waals surface area contributed by atoms with Crippen molar-refractivity contribution in [3.8, 4) is 11.5 Å². The molecule has 0 radical (unpaired) electrons. The number of phenols is 2. The number of nitrogens with zero attached hydrogens (tertiary/aromatic N) is 3. The van der Waals surface area contributed by atoms with Crippen LogP contribution in [0, 0.1) is 11.8 Å². The van der Waals surface area contributed by atoms with E-state index in [9.17, 15) is 29.4 Å². The molecular formula is C41H52N4O8. The maximum atomic E-state index is 14.8. The van der Waals surface area contributed by atoms with Crippen LogP contribution in [0.4, 0.5) is 4.79 Å². The molecule has 12 nitrogen and oxygen atoms in total. The third-order valence-corrected chi connectivity index (χ3v) is 9.62. The van der Waals surface area contributed by atoms with Crippen molar-refractivity contribution < 1.29 is 39.0 Å². The molecule has 0 aromatic heterocycles. The first-order valence-corrected chi connectivity index (χ1v) is 18.5. The third kappa shape index (κ3) is 10.3. The second kappa shape index (κ2) is 18.1. The SMILES string of the molecule is CC(C)CCCNC(=O)[C@H](Cc1ccc(O)cc1)N1CC2N(C(=O)OCCc3ccccc3)O[C@H](CC(C)C)C(=O)N2[C@@H](Cc2ccc(O)cc2)C1=O. The Morgan fingerprint density at radius 2 is 1.49 bits per heavy atom. The van der Waals surface area contributed by atoms with E-state index in [4.69, 9.17) is 9.57 Å². The van der Waals surface area contributed by atoms with Crippen molar-refractivity contribution in [2.24, 2.45) is 11.8 Å². The van der Waals surface area contributed by atoms with E-state index in [0.29, 0.717) is 36.4 Å². The zero-order valence-electron chi connectivity index (χ0n) is 31.0. The van der Waals surface area contributed by atoms with Crippen LogP contribution < -0.4 is 5.32 Å². The number of carbonyl (C=O) groups is 4. The third-order valence-electron chi connectivity index (χ3n) is 9.62. The van der Waals surface area contributed by atoms with Crippen molar-refractivity contribution in [2.45, 2.75) is 90.6 Å². The van der Waals surface area contributed by atoms with E-state index < -0.39 is 42.3 Å². The molecule has 3 N–H and O–H groups in total. The largest absolute Gasteiger partial charge is 0.508 e. The normalized spacial score (nSPS) is 19.4. The van der Waals surface area contributed by atoms with Gasteiger partial charge in [-0.3, -0.25) is 19.2 Å². The molecule has 3 aromatic carbocycles. The first-order chi connectivity index (χ1) is 25.4. The van der Waals surface area contributed by atoms with Gasteiger partial charge >= 0.3 is 6.09 Å². The maximum absolute atomic E-state index is 14.8. The smallest absolute Gasteiger partial charge is 0.436 e. The Hall–Kier alpha value is -5.10. The van der Waals surface area contributed by atoms with Gasteiger partial charge in [-0.1, -0.05) is 82.3 Å². The highest BCUT2D eigenvalue weighted by Gasteiger charge is 2.55. The number of piperazine rings is 1. The summed E-state index contributed by atoms with van der Waals surface area (Å²) in [5, 5.41) is 24.0. The molecule has 2 saturated heterocycles. The number of carbonyl (C=O) groups excluding carboxylic acids is 4. The van der Waals surface area contributed by atoms with Crippen molar-refractivity contribution in [1.29, 1.82) is 0 Å². The average molecular weight is 729 g/mol. The van der Waals surface area contributed by atoms with Gasteiger partial charge in [0, 0.05) is 25.8 Å². The summed E-state index contributed by atoms with van der Waals surface area (Å²) in [6.07, 6.45) is -0.357. The summed E-state index contributed by atoms with van der Waals surface area (Å²) in [5.74, 6) is -0.652. The Kier molecular flexibility index (Phi) is 13.4. The number of amides is 4. The molecule has 2 fully saturated rings. The highest BCUT2D eigenvalue weighted by atomic mass is 16.7. The van der Waals surface area contributed by atoms with Crippen molar-refractivity contribution >= 4 is 23.8 Å². The lowest BCUT2D eigenvalue weighted by Crippen LogP contribution is -2.75. The fraction of sp³-hybridized carbons (Fsp3) is 0.463. The molecule has 0 saturated carbocycles. The molecule has 3 aromatic rings. The molecule has 53 heavy (non-hydrogen) atoms. The maximum Gasteiger partial charge on any atom is 0.436 e. The molecule has 0 aliphatic carbocycles. The Morgan fingerprint density at radius 3 is 2.11 bits per heavy atom. The molecule has 12 heteroatoms. The Balaban J connectivity index is 1.52. The van der Waals surface area contributed by atoms with Crippen LogP contribution in [0.2, 0.25) is 0 Å². The molecule has 284 valence electrons. The van der Waals surface area contributed by atoms with Gasteiger partial charge < -0.3 is 30.1 Å². The molecule has 5 rings (SSSR count). The number of nitrogens with one attached hydrogen (secondary N) is 1. The monoisotopic (exact) mass is 728 g/mol. The van der Waals surface area contributed by atoms with Crippen LogP contribution in [0.3, 0.4) is 0 Å². The minimum atomic E-state index is -1.11. The molecule has 4 amide bonds. The number of rotatable bonds is 15. The minimum absolute atomic E-state index is 0.0260. The molecule has 0 spiro atoms. The number of benzene rings is 3. The zero-order chi connectivity index (χ0) is 38.1. The summed E-state index contributed by atoms with van der Waals surface area (Å²) in [5.41, 5.74) is 2.36. The molecule has 2 aliphatic rings. The van der Waals surface area contributed by atoms with Crippen molar-refractivity contribution in [3.05, 3.63) is 95.6 Å². The van der Waals surface area contributed by atoms with E-state index in [1.807, 2.05) is 44.2 Å². The predicted molar refractivity (Wildman–Crippen MR) is 198 cm³/mol. The standard InChI is InChI=1S/C41H52N4O8/c1-27(2)9-8-21-42-38(48)34(24-30-12-16-32(46)17-13-30)43-26-37-44(35(39(43)49)25-31-14-18-33(47)19-15-31)40(50)36(23-28(3)4)53-45(37)41(51)52-22-20-29-10-6-5-7-11-29/h5-7,10-19,27-28,34-37,46-47H,8-9,20-26H2,1-4H3,(H,42,48)/t34-,35-,36+,37?/m0/s1. The summed E-state index contributed by atoms with van der Waals surface area (Å²) in [7, 11) is 0. The summed E-state index contributed by atoms with van der Waals surface area (Å²) in [4.78, 5) is 66.3. The topological polar surface area (TPSA) is 149 Å². The molecule has 0 bridgehead atoms. The second-order valence-corrected chi connectivity index (χ2v) is 14.7. The van der Waals surface area contributed by atoms with Crippen LogP contribution in [-0.2, 0) is 43.2 Å². The Labute approximate surface area is 311 Å². The van der Waals surface area contributed by atoms with E-state index in [-0.39, 0.29) is 49.3 Å². The number of fused-ring (bicyclic) bond motifs is 1. The lowest BCUT2D eigenvalue weighted by Gasteiger charge is -2.53. The van der Waals surface area contributed by atoms with Gasteiger partial charge in [0.25, 0.3) is 5.91 Å². The number of ether oxygens (including phenoxy) is 1. The Morgan fingerprint density at radius 1 is 0.849 bits per heavy atom. The summed E-state index contributed by atoms with van der Waals surface area (Å²) in [6, 6.07) is 20.3. The van der Waals surface area contributed by atoms with Gasteiger partial charge in [0.1, 0.15) is 23.6 Å². The number of phenolic OH excluding ortho intramolecular Hbond substituents is 2. The summed E-state index contributed by atoms with van der Waals surface area (Å²) in [6.45, 7) is 8.36. The van der Waals surface area contributed by atoms with Crippen LogP contribution in [0.1, 0.15) is 63.6 Å². The van der Waals surface area contributed by atoms with E-state index in [1.165, 1.54) is 34.1 Å². The predicted octanol–water partition coefficient (Wildman–Crippen LogP) is 5.21. The van der Waals surface area contributed by atoms with Gasteiger partial charge in [-0.25, -0.2) is 4.79 Å². The second-order valence-electron chi connectivity index (χ2n) is 14.7. The quantitative estimate of drug-likeness (QED) is 0.181. The van der Waals surface area contributed by atoms with Gasteiger partial charge in [0.05, 0.1) is 13.2 Å². The molecule has 4 atom stereocenters. The molecule has 2 heterocycles. The highest BCUT2D eigenvalue weighted by molar-refractivity contribution is 5.95. The Bertz CT molecular complexity index is 1680. The van der Waals surface area contributed by atoms with Crippen LogP contribution in [-0.4, -0.2) is 92.9 Å². The first-order valence-electron chi connectivity index (χ1n) is 18.5. The van der Waals surface area contributed by atoms with Crippen molar-refractivity contribution in [3.63, 3.8) is 0 Å².